The average Bonchev–Trinajstić information content (AvgIpc) is 2.30. The molecule has 4 heteroatoms. The molecule has 0 saturated heterocycles. The summed E-state index contributed by atoms with van der Waals surface area (Å²) in [6.07, 6.45) is 0.428. The summed E-state index contributed by atoms with van der Waals surface area (Å²) in [6, 6.07) is 4.29. The molecule has 1 aliphatic heterocycles. The number of thioether (sulfide) groups is 1. The van der Waals surface area contributed by atoms with Crippen LogP contribution in [0, 0.1) is 13.8 Å². The number of fused-ring (bicyclic) bond motifs is 1. The monoisotopic (exact) mass is 250 g/mol. The van der Waals surface area contributed by atoms with Crippen molar-refractivity contribution in [2.24, 2.45) is 5.73 Å². The van der Waals surface area contributed by atoms with Crippen molar-refractivity contribution in [3.63, 3.8) is 0 Å². The number of carbonyl (C=O) groups is 1. The maximum Gasteiger partial charge on any atom is 0.228 e. The van der Waals surface area contributed by atoms with Crippen molar-refractivity contribution in [2.45, 2.75) is 25.2 Å². The molecule has 1 aliphatic rings. The molecule has 0 spiro atoms. The van der Waals surface area contributed by atoms with Gasteiger partial charge in [-0.15, -0.1) is 11.8 Å². The number of amides is 1. The van der Waals surface area contributed by atoms with E-state index >= 15 is 0 Å². The first-order valence-corrected chi connectivity index (χ1v) is 6.86. The van der Waals surface area contributed by atoms with Crippen LogP contribution in [0.1, 0.15) is 17.5 Å². The van der Waals surface area contributed by atoms with Gasteiger partial charge in [-0.3, -0.25) is 4.79 Å². The highest BCUT2D eigenvalue weighted by atomic mass is 32.2. The van der Waals surface area contributed by atoms with Crippen LogP contribution in [-0.4, -0.2) is 24.7 Å². The van der Waals surface area contributed by atoms with E-state index < -0.39 is 0 Å². The lowest BCUT2D eigenvalue weighted by atomic mass is 10.1. The van der Waals surface area contributed by atoms with E-state index in [1.54, 1.807) is 0 Å². The normalized spacial score (nSPS) is 14.6. The van der Waals surface area contributed by atoms with Crippen molar-refractivity contribution in [2.75, 3.05) is 23.7 Å². The predicted octanol–water partition coefficient (Wildman–Crippen LogP) is 2.09. The first-order chi connectivity index (χ1) is 8.13. The number of rotatable bonds is 2. The number of nitrogens with zero attached hydrogens (tertiary/aromatic N) is 1. The Hall–Kier alpha value is -1.000. The topological polar surface area (TPSA) is 46.3 Å². The summed E-state index contributed by atoms with van der Waals surface area (Å²) in [4.78, 5) is 15.1. The van der Waals surface area contributed by atoms with Crippen LogP contribution in [-0.2, 0) is 4.79 Å². The summed E-state index contributed by atoms with van der Waals surface area (Å²) in [5.74, 6) is 1.10. The first-order valence-electron chi connectivity index (χ1n) is 5.88. The molecule has 1 amide bonds. The molecule has 0 bridgehead atoms. The van der Waals surface area contributed by atoms with E-state index in [0.29, 0.717) is 13.0 Å². The van der Waals surface area contributed by atoms with Gasteiger partial charge in [0.05, 0.1) is 5.69 Å². The molecule has 0 fully saturated rings. The fraction of sp³-hybridized carbons (Fsp3) is 0.462. The van der Waals surface area contributed by atoms with Crippen LogP contribution in [0.5, 0.6) is 0 Å². The third-order valence-electron chi connectivity index (χ3n) is 3.10. The van der Waals surface area contributed by atoms with Crippen LogP contribution in [0.2, 0.25) is 0 Å². The highest BCUT2D eigenvalue weighted by molar-refractivity contribution is 7.99. The van der Waals surface area contributed by atoms with E-state index in [0.717, 1.165) is 18.0 Å². The number of hydrogen-bond acceptors (Lipinski definition) is 3. The van der Waals surface area contributed by atoms with Gasteiger partial charge in [-0.2, -0.15) is 0 Å². The van der Waals surface area contributed by atoms with Gasteiger partial charge < -0.3 is 10.6 Å². The van der Waals surface area contributed by atoms with Gasteiger partial charge >= 0.3 is 0 Å². The molecule has 0 radical (unpaired) electrons. The van der Waals surface area contributed by atoms with Gasteiger partial charge in [0.25, 0.3) is 0 Å². The van der Waals surface area contributed by atoms with Gasteiger partial charge in [-0.1, -0.05) is 0 Å². The maximum absolute atomic E-state index is 12.0. The number of hydrogen-bond donors (Lipinski definition) is 1. The molecule has 3 nitrogen and oxygen atoms in total. The summed E-state index contributed by atoms with van der Waals surface area (Å²) in [5.41, 5.74) is 9.03. The molecule has 0 aliphatic carbocycles. The summed E-state index contributed by atoms with van der Waals surface area (Å²) < 4.78 is 0. The third kappa shape index (κ3) is 2.48. The standard InChI is InChI=1S/C13H18N2OS/c1-9-7-11-12(8-10(9)2)17-6-5-15(11)13(16)3-4-14/h7-8H,3-6,14H2,1-2H3. The molecule has 1 heterocycles. The van der Waals surface area contributed by atoms with Gasteiger partial charge in [0.15, 0.2) is 0 Å². The van der Waals surface area contributed by atoms with E-state index in [-0.39, 0.29) is 5.91 Å². The molecule has 2 rings (SSSR count). The molecule has 1 aromatic carbocycles. The lowest BCUT2D eigenvalue weighted by Crippen LogP contribution is -2.36. The molecule has 1 aromatic rings. The second kappa shape index (κ2) is 5.10. The highest BCUT2D eigenvalue weighted by Gasteiger charge is 2.22. The lowest BCUT2D eigenvalue weighted by molar-refractivity contribution is -0.118. The largest absolute Gasteiger partial charge is 0.330 e. The Kier molecular flexibility index (Phi) is 3.74. The molecule has 0 saturated carbocycles. The summed E-state index contributed by atoms with van der Waals surface area (Å²) in [5, 5.41) is 0. The van der Waals surface area contributed by atoms with E-state index in [4.69, 9.17) is 5.73 Å². The molecule has 92 valence electrons. The number of aryl methyl sites for hydroxylation is 2. The van der Waals surface area contributed by atoms with Crippen molar-refractivity contribution in [3.8, 4) is 0 Å². The summed E-state index contributed by atoms with van der Waals surface area (Å²) in [7, 11) is 0. The zero-order chi connectivity index (χ0) is 12.4. The van der Waals surface area contributed by atoms with Gasteiger partial charge in [0.2, 0.25) is 5.91 Å². The maximum atomic E-state index is 12.0. The van der Waals surface area contributed by atoms with E-state index in [1.807, 2.05) is 16.7 Å². The number of anilines is 1. The second-order valence-corrected chi connectivity index (χ2v) is 5.47. The van der Waals surface area contributed by atoms with Crippen molar-refractivity contribution in [3.05, 3.63) is 23.3 Å². The number of benzene rings is 1. The van der Waals surface area contributed by atoms with Crippen molar-refractivity contribution in [1.82, 2.24) is 0 Å². The van der Waals surface area contributed by atoms with Gasteiger partial charge in [0, 0.05) is 30.2 Å². The van der Waals surface area contributed by atoms with E-state index in [2.05, 4.69) is 26.0 Å². The lowest BCUT2D eigenvalue weighted by Gasteiger charge is -2.30. The zero-order valence-corrected chi connectivity index (χ0v) is 11.1. The van der Waals surface area contributed by atoms with Crippen molar-refractivity contribution >= 4 is 23.4 Å². The summed E-state index contributed by atoms with van der Waals surface area (Å²) >= 11 is 1.83. The van der Waals surface area contributed by atoms with Gasteiger partial charge in [0.1, 0.15) is 0 Å². The molecule has 0 atom stereocenters. The van der Waals surface area contributed by atoms with Crippen LogP contribution >= 0.6 is 11.8 Å². The predicted molar refractivity (Wildman–Crippen MR) is 72.7 cm³/mol. The molecule has 2 N–H and O–H groups in total. The van der Waals surface area contributed by atoms with Crippen LogP contribution in [0.25, 0.3) is 0 Å². The second-order valence-electron chi connectivity index (χ2n) is 4.34. The Morgan fingerprint density at radius 3 is 2.82 bits per heavy atom. The van der Waals surface area contributed by atoms with Gasteiger partial charge in [-0.25, -0.2) is 0 Å². The van der Waals surface area contributed by atoms with Crippen LogP contribution in [0.4, 0.5) is 5.69 Å². The Labute approximate surface area is 106 Å². The SMILES string of the molecule is Cc1cc2c(cc1C)N(C(=O)CCN)CCS2. The molecular weight excluding hydrogens is 232 g/mol. The van der Waals surface area contributed by atoms with E-state index in [9.17, 15) is 4.79 Å². The Morgan fingerprint density at radius 2 is 2.12 bits per heavy atom. The fourth-order valence-electron chi connectivity index (χ4n) is 1.99. The quantitative estimate of drug-likeness (QED) is 0.874. The minimum absolute atomic E-state index is 0.136. The Balaban J connectivity index is 2.37. The summed E-state index contributed by atoms with van der Waals surface area (Å²) in [6.45, 7) is 5.40. The first kappa shape index (κ1) is 12.5. The van der Waals surface area contributed by atoms with Crippen molar-refractivity contribution < 1.29 is 4.79 Å². The van der Waals surface area contributed by atoms with Crippen LogP contribution in [0.15, 0.2) is 17.0 Å². The van der Waals surface area contributed by atoms with Gasteiger partial charge in [-0.05, 0) is 37.1 Å². The van der Waals surface area contributed by atoms with Crippen molar-refractivity contribution in [1.29, 1.82) is 0 Å². The number of carbonyl (C=O) groups excluding carboxylic acids is 1. The minimum atomic E-state index is 0.136. The van der Waals surface area contributed by atoms with E-state index in [1.165, 1.54) is 16.0 Å². The minimum Gasteiger partial charge on any atom is -0.330 e. The highest BCUT2D eigenvalue weighted by Crippen LogP contribution is 2.36. The number of nitrogens with two attached hydrogens (primary N) is 1. The molecule has 0 unspecified atom stereocenters. The van der Waals surface area contributed by atoms with Crippen LogP contribution in [0.3, 0.4) is 0 Å². The molecular formula is C13H18N2OS. The smallest absolute Gasteiger partial charge is 0.228 e. The van der Waals surface area contributed by atoms with Crippen LogP contribution < -0.4 is 10.6 Å². The zero-order valence-electron chi connectivity index (χ0n) is 10.3. The Bertz CT molecular complexity index is 445. The Morgan fingerprint density at radius 1 is 1.41 bits per heavy atom. The average molecular weight is 250 g/mol. The third-order valence-corrected chi connectivity index (χ3v) is 4.12. The molecule has 17 heavy (non-hydrogen) atoms. The molecule has 0 aromatic heterocycles. The fourth-order valence-corrected chi connectivity index (χ4v) is 3.06.